The van der Waals surface area contributed by atoms with Crippen LogP contribution in [0.5, 0.6) is 0 Å². The summed E-state index contributed by atoms with van der Waals surface area (Å²) < 4.78 is 37.2. The van der Waals surface area contributed by atoms with Gasteiger partial charge >= 0.3 is 6.18 Å². The van der Waals surface area contributed by atoms with Gasteiger partial charge in [-0.3, -0.25) is 0 Å². The van der Waals surface area contributed by atoms with Crippen molar-refractivity contribution >= 4 is 5.82 Å². The lowest BCUT2D eigenvalue weighted by molar-refractivity contribution is -0.137. The summed E-state index contributed by atoms with van der Waals surface area (Å²) in [4.78, 5) is 3.87. The summed E-state index contributed by atoms with van der Waals surface area (Å²) in [6.45, 7) is 0.717. The molecule has 2 rings (SSSR count). The molecule has 1 aromatic heterocycles. The van der Waals surface area contributed by atoms with Crippen molar-refractivity contribution < 1.29 is 13.2 Å². The van der Waals surface area contributed by atoms with Gasteiger partial charge in [0.2, 0.25) is 0 Å². The lowest BCUT2D eigenvalue weighted by Crippen LogP contribution is -2.21. The molecule has 16 heavy (non-hydrogen) atoms. The summed E-state index contributed by atoms with van der Waals surface area (Å²) >= 11 is 0. The van der Waals surface area contributed by atoms with Gasteiger partial charge in [-0.25, -0.2) is 4.98 Å². The standard InChI is InChI=1S/C11H13F3N2/c12-11(13,14)9-4-5-15-10(6-9)16-7-8-2-1-3-8/h4-6,8H,1-3,7H2,(H,15,16). The van der Waals surface area contributed by atoms with Crippen LogP contribution in [0.4, 0.5) is 19.0 Å². The van der Waals surface area contributed by atoms with Gasteiger partial charge < -0.3 is 5.32 Å². The van der Waals surface area contributed by atoms with Crippen LogP contribution >= 0.6 is 0 Å². The Bertz CT molecular complexity index is 358. The molecule has 1 saturated carbocycles. The summed E-state index contributed by atoms with van der Waals surface area (Å²) in [5.74, 6) is 0.901. The van der Waals surface area contributed by atoms with Crippen molar-refractivity contribution in [2.24, 2.45) is 5.92 Å². The quantitative estimate of drug-likeness (QED) is 0.861. The largest absolute Gasteiger partial charge is 0.416 e. The average molecular weight is 230 g/mol. The first-order valence-electron chi connectivity index (χ1n) is 5.33. The van der Waals surface area contributed by atoms with E-state index in [1.54, 1.807) is 0 Å². The number of hydrogen-bond acceptors (Lipinski definition) is 2. The van der Waals surface area contributed by atoms with Crippen LogP contribution in [-0.4, -0.2) is 11.5 Å². The molecule has 2 nitrogen and oxygen atoms in total. The van der Waals surface area contributed by atoms with Gasteiger partial charge in [0.25, 0.3) is 0 Å². The first kappa shape index (κ1) is 11.2. The second-order valence-corrected chi connectivity index (χ2v) is 4.11. The van der Waals surface area contributed by atoms with Crippen LogP contribution in [0.2, 0.25) is 0 Å². The zero-order valence-corrected chi connectivity index (χ0v) is 8.72. The lowest BCUT2D eigenvalue weighted by atomic mass is 9.85. The minimum Gasteiger partial charge on any atom is -0.370 e. The normalized spacial score (nSPS) is 16.9. The molecule has 0 unspecified atom stereocenters. The zero-order chi connectivity index (χ0) is 11.6. The summed E-state index contributed by atoms with van der Waals surface area (Å²) in [5, 5.41) is 2.95. The van der Waals surface area contributed by atoms with E-state index in [1.165, 1.54) is 12.6 Å². The number of nitrogens with one attached hydrogen (secondary N) is 1. The van der Waals surface area contributed by atoms with Crippen LogP contribution in [0.25, 0.3) is 0 Å². The third-order valence-corrected chi connectivity index (χ3v) is 2.88. The Morgan fingerprint density at radius 2 is 2.12 bits per heavy atom. The van der Waals surface area contributed by atoms with E-state index in [-0.39, 0.29) is 0 Å². The fourth-order valence-electron chi connectivity index (χ4n) is 1.65. The molecule has 0 radical (unpaired) electrons. The summed E-state index contributed by atoms with van der Waals surface area (Å²) in [6.07, 6.45) is 0.433. The maximum absolute atomic E-state index is 12.4. The van der Waals surface area contributed by atoms with E-state index in [0.717, 1.165) is 25.0 Å². The number of pyridine rings is 1. The minimum atomic E-state index is -4.30. The fraction of sp³-hybridized carbons (Fsp3) is 0.545. The molecule has 1 heterocycles. The van der Waals surface area contributed by atoms with Crippen molar-refractivity contribution in [2.45, 2.75) is 25.4 Å². The minimum absolute atomic E-state index is 0.307. The number of halogens is 3. The van der Waals surface area contributed by atoms with Crippen molar-refractivity contribution in [3.05, 3.63) is 23.9 Å². The molecule has 1 aliphatic rings. The van der Waals surface area contributed by atoms with Gasteiger partial charge in [-0.1, -0.05) is 6.42 Å². The van der Waals surface area contributed by atoms with Gasteiger partial charge in [0.1, 0.15) is 5.82 Å². The second-order valence-electron chi connectivity index (χ2n) is 4.11. The van der Waals surface area contributed by atoms with Crippen LogP contribution in [0.1, 0.15) is 24.8 Å². The molecule has 1 fully saturated rings. The predicted octanol–water partition coefficient (Wildman–Crippen LogP) is 3.31. The fourth-order valence-corrected chi connectivity index (χ4v) is 1.65. The molecule has 5 heteroatoms. The lowest BCUT2D eigenvalue weighted by Gasteiger charge is -2.25. The molecule has 0 aromatic carbocycles. The van der Waals surface area contributed by atoms with E-state index in [0.29, 0.717) is 18.3 Å². The SMILES string of the molecule is FC(F)(F)c1ccnc(NCC2CCC2)c1. The van der Waals surface area contributed by atoms with Crippen LogP contribution in [0, 0.1) is 5.92 Å². The number of anilines is 1. The zero-order valence-electron chi connectivity index (χ0n) is 8.72. The van der Waals surface area contributed by atoms with Crippen LogP contribution < -0.4 is 5.32 Å². The Balaban J connectivity index is 1.98. The Morgan fingerprint density at radius 1 is 1.38 bits per heavy atom. The highest BCUT2D eigenvalue weighted by atomic mass is 19.4. The smallest absolute Gasteiger partial charge is 0.370 e. The third-order valence-electron chi connectivity index (χ3n) is 2.88. The molecular weight excluding hydrogens is 217 g/mol. The molecule has 0 amide bonds. The Hall–Kier alpha value is -1.26. The van der Waals surface area contributed by atoms with Crippen molar-refractivity contribution in [1.29, 1.82) is 0 Å². The van der Waals surface area contributed by atoms with E-state index in [2.05, 4.69) is 10.3 Å². The van der Waals surface area contributed by atoms with E-state index in [9.17, 15) is 13.2 Å². The van der Waals surface area contributed by atoms with E-state index >= 15 is 0 Å². The molecule has 88 valence electrons. The van der Waals surface area contributed by atoms with Crippen molar-refractivity contribution in [3.8, 4) is 0 Å². The summed E-state index contributed by atoms with van der Waals surface area (Å²) in [5.41, 5.74) is -0.654. The highest BCUT2D eigenvalue weighted by Gasteiger charge is 2.30. The number of alkyl halides is 3. The van der Waals surface area contributed by atoms with Crippen LogP contribution in [-0.2, 0) is 6.18 Å². The first-order valence-corrected chi connectivity index (χ1v) is 5.33. The maximum atomic E-state index is 12.4. The van der Waals surface area contributed by atoms with Gasteiger partial charge in [-0.15, -0.1) is 0 Å². The first-order chi connectivity index (χ1) is 7.55. The van der Waals surface area contributed by atoms with Crippen LogP contribution in [0.15, 0.2) is 18.3 Å². The number of rotatable bonds is 3. The molecule has 1 aliphatic carbocycles. The molecule has 1 N–H and O–H groups in total. The van der Waals surface area contributed by atoms with Gasteiger partial charge in [-0.2, -0.15) is 13.2 Å². The summed E-state index contributed by atoms with van der Waals surface area (Å²) in [6, 6.07) is 2.03. The molecule has 0 spiro atoms. The van der Waals surface area contributed by atoms with E-state index < -0.39 is 11.7 Å². The molecule has 0 saturated heterocycles. The highest BCUT2D eigenvalue weighted by Crippen LogP contribution is 2.30. The molecule has 0 aliphatic heterocycles. The molecule has 0 bridgehead atoms. The number of nitrogens with zero attached hydrogens (tertiary/aromatic N) is 1. The number of hydrogen-bond donors (Lipinski definition) is 1. The summed E-state index contributed by atoms with van der Waals surface area (Å²) in [7, 11) is 0. The van der Waals surface area contributed by atoms with Crippen LogP contribution in [0.3, 0.4) is 0 Å². The Kier molecular flexibility index (Phi) is 3.03. The average Bonchev–Trinajstić information content (AvgIpc) is 2.14. The molecule has 0 atom stereocenters. The Labute approximate surface area is 91.9 Å². The van der Waals surface area contributed by atoms with Crippen molar-refractivity contribution in [3.63, 3.8) is 0 Å². The van der Waals surface area contributed by atoms with Gasteiger partial charge in [-0.05, 0) is 30.9 Å². The van der Waals surface area contributed by atoms with Crippen molar-refractivity contribution in [1.82, 2.24) is 4.98 Å². The monoisotopic (exact) mass is 230 g/mol. The third kappa shape index (κ3) is 2.65. The molecule has 1 aromatic rings. The van der Waals surface area contributed by atoms with Gasteiger partial charge in [0, 0.05) is 12.7 Å². The molecular formula is C11H13F3N2. The van der Waals surface area contributed by atoms with Gasteiger partial charge in [0.15, 0.2) is 0 Å². The van der Waals surface area contributed by atoms with E-state index in [4.69, 9.17) is 0 Å². The topological polar surface area (TPSA) is 24.9 Å². The second kappa shape index (κ2) is 4.31. The van der Waals surface area contributed by atoms with E-state index in [1.807, 2.05) is 0 Å². The predicted molar refractivity (Wildman–Crippen MR) is 55.1 cm³/mol. The van der Waals surface area contributed by atoms with Crippen molar-refractivity contribution in [2.75, 3.05) is 11.9 Å². The highest BCUT2D eigenvalue weighted by molar-refractivity contribution is 5.38. The number of aromatic nitrogens is 1. The maximum Gasteiger partial charge on any atom is 0.416 e. The Morgan fingerprint density at radius 3 is 2.69 bits per heavy atom. The van der Waals surface area contributed by atoms with Gasteiger partial charge in [0.05, 0.1) is 5.56 Å².